The zero-order valence-electron chi connectivity index (χ0n) is 10.8. The van der Waals surface area contributed by atoms with Crippen LogP contribution in [-0.2, 0) is 4.74 Å². The Labute approximate surface area is 115 Å². The lowest BCUT2D eigenvalue weighted by atomic mass is 10.1. The molecule has 7 nitrogen and oxygen atoms in total. The molecule has 1 saturated heterocycles. The second-order valence-corrected chi connectivity index (χ2v) is 4.82. The predicted molar refractivity (Wildman–Crippen MR) is 74.9 cm³/mol. The van der Waals surface area contributed by atoms with E-state index in [1.165, 1.54) is 0 Å². The average molecular weight is 273 g/mol. The summed E-state index contributed by atoms with van der Waals surface area (Å²) in [6, 6.07) is 7.28. The first-order chi connectivity index (χ1) is 9.74. The lowest BCUT2D eigenvalue weighted by molar-refractivity contribution is -0.0228. The number of nitrogens with two attached hydrogens (primary N) is 1. The van der Waals surface area contributed by atoms with Gasteiger partial charge in [-0.15, -0.1) is 0 Å². The minimum absolute atomic E-state index is 0.165. The van der Waals surface area contributed by atoms with E-state index < -0.39 is 6.10 Å². The van der Waals surface area contributed by atoms with Gasteiger partial charge in [-0.2, -0.15) is 0 Å². The number of anilines is 1. The average Bonchev–Trinajstić information content (AvgIpc) is 3.03. The molecule has 104 valence electrons. The van der Waals surface area contributed by atoms with Crippen molar-refractivity contribution in [3.63, 3.8) is 0 Å². The zero-order chi connectivity index (χ0) is 14.1. The third kappa shape index (κ3) is 1.98. The van der Waals surface area contributed by atoms with E-state index in [0.29, 0.717) is 12.1 Å². The van der Waals surface area contributed by atoms with Crippen molar-refractivity contribution in [1.29, 1.82) is 0 Å². The second kappa shape index (κ2) is 5.05. The van der Waals surface area contributed by atoms with Gasteiger partial charge >= 0.3 is 0 Å². The highest BCUT2D eigenvalue weighted by Gasteiger charge is 2.35. The fraction of sp³-hybridized carbons (Fsp3) is 0.385. The summed E-state index contributed by atoms with van der Waals surface area (Å²) >= 11 is 0. The molecule has 20 heavy (non-hydrogen) atoms. The monoisotopic (exact) mass is 273 g/mol. The van der Waals surface area contributed by atoms with Crippen LogP contribution in [0.3, 0.4) is 0 Å². The maximum absolute atomic E-state index is 9.30. The van der Waals surface area contributed by atoms with E-state index in [1.807, 2.05) is 35.0 Å². The van der Waals surface area contributed by atoms with Crippen LogP contribution in [-0.4, -0.2) is 28.4 Å². The summed E-state index contributed by atoms with van der Waals surface area (Å²) in [6.45, 7) is -0.165. The van der Waals surface area contributed by atoms with E-state index in [-0.39, 0.29) is 18.9 Å². The van der Waals surface area contributed by atoms with Gasteiger partial charge in [-0.1, -0.05) is 11.2 Å². The van der Waals surface area contributed by atoms with Crippen LogP contribution in [0, 0.1) is 0 Å². The Morgan fingerprint density at radius 2 is 2.35 bits per heavy atom. The minimum Gasteiger partial charge on any atom is -0.398 e. The third-order valence-corrected chi connectivity index (χ3v) is 3.69. The van der Waals surface area contributed by atoms with Gasteiger partial charge in [0.15, 0.2) is 0 Å². The van der Waals surface area contributed by atoms with E-state index >= 15 is 0 Å². The molecule has 3 rings (SSSR count). The van der Waals surface area contributed by atoms with E-state index in [0.717, 1.165) is 10.9 Å². The van der Waals surface area contributed by atoms with Crippen molar-refractivity contribution in [2.75, 3.05) is 12.3 Å². The molecule has 1 aliphatic rings. The van der Waals surface area contributed by atoms with Gasteiger partial charge in [-0.3, -0.25) is 0 Å². The van der Waals surface area contributed by atoms with Crippen molar-refractivity contribution in [3.05, 3.63) is 40.9 Å². The number of nitrogen functional groups attached to an aromatic ring is 1. The number of aliphatic hydroxyl groups is 1. The summed E-state index contributed by atoms with van der Waals surface area (Å²) in [5, 5.41) is 14.0. The first kappa shape index (κ1) is 12.8. The fourth-order valence-corrected chi connectivity index (χ4v) is 2.70. The molecular weight excluding hydrogens is 258 g/mol. The maximum Gasteiger partial charge on any atom is 0.134 e. The Morgan fingerprint density at radius 1 is 1.50 bits per heavy atom. The van der Waals surface area contributed by atoms with Crippen LogP contribution in [0.5, 0.6) is 0 Å². The first-order valence-corrected chi connectivity index (χ1v) is 6.40. The molecule has 0 bridgehead atoms. The number of nitrogens with zero attached hydrogens (tertiary/aromatic N) is 4. The van der Waals surface area contributed by atoms with Crippen LogP contribution >= 0.6 is 0 Å². The zero-order valence-corrected chi connectivity index (χ0v) is 10.8. The highest BCUT2D eigenvalue weighted by molar-refractivity contribution is 5.91. The summed E-state index contributed by atoms with van der Waals surface area (Å²) in [5.74, 6) is 0. The second-order valence-electron chi connectivity index (χ2n) is 4.82. The number of hydrogen-bond acceptors (Lipinski definition) is 4. The van der Waals surface area contributed by atoms with Crippen LogP contribution in [0.4, 0.5) is 5.69 Å². The number of hydrogen-bond donors (Lipinski definition) is 2. The van der Waals surface area contributed by atoms with E-state index in [4.69, 9.17) is 16.0 Å². The Balaban J connectivity index is 1.96. The number of ether oxygens (including phenoxy) is 1. The number of benzene rings is 1. The molecular formula is C13H15N5O2. The summed E-state index contributed by atoms with van der Waals surface area (Å²) in [6.07, 6.45) is 1.71. The van der Waals surface area contributed by atoms with E-state index in [9.17, 15) is 5.11 Å². The molecule has 1 aliphatic heterocycles. The van der Waals surface area contributed by atoms with Crippen molar-refractivity contribution in [3.8, 4) is 0 Å². The highest BCUT2D eigenvalue weighted by Crippen LogP contribution is 2.34. The lowest BCUT2D eigenvalue weighted by Gasteiger charge is -2.15. The third-order valence-electron chi connectivity index (χ3n) is 3.69. The van der Waals surface area contributed by atoms with E-state index in [2.05, 4.69) is 10.0 Å². The van der Waals surface area contributed by atoms with Gasteiger partial charge < -0.3 is 20.1 Å². The van der Waals surface area contributed by atoms with Crippen molar-refractivity contribution < 1.29 is 9.84 Å². The Kier molecular flexibility index (Phi) is 3.23. The van der Waals surface area contributed by atoms with Gasteiger partial charge in [0.1, 0.15) is 6.23 Å². The fourth-order valence-electron chi connectivity index (χ4n) is 2.70. The molecule has 7 heteroatoms. The topological polar surface area (TPSA) is 109 Å². The minimum atomic E-state index is -0.464. The number of aliphatic hydroxyl groups excluding tert-OH is 1. The van der Waals surface area contributed by atoms with Crippen LogP contribution in [0.2, 0.25) is 0 Å². The van der Waals surface area contributed by atoms with Gasteiger partial charge in [0.05, 0.1) is 24.3 Å². The van der Waals surface area contributed by atoms with Gasteiger partial charge in [-0.25, -0.2) is 0 Å². The van der Waals surface area contributed by atoms with Crippen LogP contribution in [0.25, 0.3) is 21.3 Å². The summed E-state index contributed by atoms with van der Waals surface area (Å²) < 4.78 is 7.73. The molecule has 0 aliphatic carbocycles. The summed E-state index contributed by atoms with van der Waals surface area (Å²) in [7, 11) is 0. The Hall–Kier alpha value is -2.21. The molecule has 1 aromatic carbocycles. The van der Waals surface area contributed by atoms with Crippen LogP contribution in [0.1, 0.15) is 12.6 Å². The van der Waals surface area contributed by atoms with Gasteiger partial charge in [-0.05, 0) is 23.7 Å². The Bertz CT molecular complexity index is 676. The first-order valence-electron chi connectivity index (χ1n) is 6.40. The highest BCUT2D eigenvalue weighted by atomic mass is 16.5. The van der Waals surface area contributed by atoms with Crippen LogP contribution < -0.4 is 5.73 Å². The number of rotatable bonds is 3. The largest absolute Gasteiger partial charge is 0.398 e. The van der Waals surface area contributed by atoms with Crippen molar-refractivity contribution in [2.24, 2.45) is 5.11 Å². The smallest absolute Gasteiger partial charge is 0.134 e. The normalized spacial score (nSPS) is 25.8. The molecule has 0 saturated carbocycles. The van der Waals surface area contributed by atoms with Gasteiger partial charge in [0, 0.05) is 28.6 Å². The lowest BCUT2D eigenvalue weighted by Crippen LogP contribution is -2.22. The standard InChI is InChI=1S/C13H15N5O2/c14-9-2-1-3-11-8(9)4-5-18(11)13-6-10(16-17-15)12(7-19)20-13/h1-5,10,12-13,19H,6-7,14H2/t10?,12-,13+/m1/s1. The van der Waals surface area contributed by atoms with Crippen molar-refractivity contribution in [2.45, 2.75) is 24.8 Å². The molecule has 1 unspecified atom stereocenters. The number of aromatic nitrogens is 1. The molecule has 3 atom stereocenters. The molecule has 0 radical (unpaired) electrons. The molecule has 0 amide bonds. The van der Waals surface area contributed by atoms with Crippen molar-refractivity contribution in [1.82, 2.24) is 4.57 Å². The molecule has 2 heterocycles. The number of azide groups is 1. The van der Waals surface area contributed by atoms with Crippen LogP contribution in [0.15, 0.2) is 35.6 Å². The van der Waals surface area contributed by atoms with Gasteiger partial charge in [0.2, 0.25) is 0 Å². The Morgan fingerprint density at radius 3 is 3.10 bits per heavy atom. The predicted octanol–water partition coefficient (Wildman–Crippen LogP) is 2.18. The molecule has 1 fully saturated rings. The van der Waals surface area contributed by atoms with Gasteiger partial charge in [0.25, 0.3) is 0 Å². The van der Waals surface area contributed by atoms with Crippen molar-refractivity contribution >= 4 is 16.6 Å². The molecule has 1 aromatic heterocycles. The summed E-state index contributed by atoms with van der Waals surface area (Å²) in [5.41, 5.74) is 16.2. The maximum atomic E-state index is 9.30. The number of fused-ring (bicyclic) bond motifs is 1. The quantitative estimate of drug-likeness (QED) is 0.387. The molecule has 3 N–H and O–H groups in total. The summed E-state index contributed by atoms with van der Waals surface area (Å²) in [4.78, 5) is 2.81. The molecule has 0 spiro atoms. The molecule has 2 aromatic rings. The van der Waals surface area contributed by atoms with E-state index in [1.54, 1.807) is 0 Å². The SMILES string of the molecule is [N-]=[N+]=NC1C[C@@H](n2ccc3c(N)cccc32)O[C@@H]1CO.